The Morgan fingerprint density at radius 2 is 1.71 bits per heavy atom. The van der Waals surface area contributed by atoms with Crippen molar-refractivity contribution in [2.24, 2.45) is 0 Å². The van der Waals surface area contributed by atoms with Crippen LogP contribution in [0.1, 0.15) is 10.4 Å². The molecule has 0 fully saturated rings. The number of aromatic carboxylic acids is 1. The van der Waals surface area contributed by atoms with Gasteiger partial charge in [-0.15, -0.1) is 0 Å². The summed E-state index contributed by atoms with van der Waals surface area (Å²) in [6, 6.07) is 16.4. The molecule has 0 bridgehead atoms. The third-order valence-corrected chi connectivity index (χ3v) is 5.41. The Kier molecular flexibility index (Phi) is 4.29. The first-order valence-corrected chi connectivity index (χ1v) is 9.19. The van der Waals surface area contributed by atoms with Gasteiger partial charge in [0, 0.05) is 9.86 Å². The molecule has 3 aromatic carbocycles. The van der Waals surface area contributed by atoms with Gasteiger partial charge in [0.25, 0.3) is 10.0 Å². The second-order valence-electron chi connectivity index (χ2n) is 5.08. The molecule has 5 nitrogen and oxygen atoms in total. The van der Waals surface area contributed by atoms with E-state index in [1.807, 2.05) is 18.2 Å². The molecule has 0 radical (unpaired) electrons. The molecule has 3 aromatic rings. The number of carbonyl (C=O) groups is 1. The fraction of sp³-hybridized carbons (Fsp3) is 0. The predicted molar refractivity (Wildman–Crippen MR) is 95.9 cm³/mol. The van der Waals surface area contributed by atoms with Crippen molar-refractivity contribution in [1.29, 1.82) is 0 Å². The fourth-order valence-electron chi connectivity index (χ4n) is 2.41. The van der Waals surface area contributed by atoms with Crippen LogP contribution in [0.4, 0.5) is 5.69 Å². The van der Waals surface area contributed by atoms with Gasteiger partial charge in [0.2, 0.25) is 0 Å². The lowest BCUT2D eigenvalue weighted by Gasteiger charge is -2.12. The first-order valence-electron chi connectivity index (χ1n) is 6.92. The van der Waals surface area contributed by atoms with E-state index in [4.69, 9.17) is 0 Å². The molecule has 0 atom stereocenters. The number of carboxylic acids is 1. The van der Waals surface area contributed by atoms with Crippen molar-refractivity contribution < 1.29 is 18.3 Å². The van der Waals surface area contributed by atoms with Gasteiger partial charge in [-0.1, -0.05) is 52.3 Å². The maximum absolute atomic E-state index is 12.8. The Morgan fingerprint density at radius 3 is 2.46 bits per heavy atom. The van der Waals surface area contributed by atoms with Gasteiger partial charge in [-0.3, -0.25) is 4.72 Å². The summed E-state index contributed by atoms with van der Waals surface area (Å²) in [5, 5.41) is 10.6. The third-order valence-electron chi connectivity index (χ3n) is 3.50. The van der Waals surface area contributed by atoms with E-state index in [9.17, 15) is 18.3 Å². The highest BCUT2D eigenvalue weighted by Gasteiger charge is 2.20. The smallest absolute Gasteiger partial charge is 0.337 e. The van der Waals surface area contributed by atoms with Crippen LogP contribution in [-0.2, 0) is 10.0 Å². The summed E-state index contributed by atoms with van der Waals surface area (Å²) in [7, 11) is -3.94. The van der Waals surface area contributed by atoms with E-state index in [0.717, 1.165) is 5.39 Å². The van der Waals surface area contributed by atoms with Crippen molar-refractivity contribution in [3.63, 3.8) is 0 Å². The van der Waals surface area contributed by atoms with Crippen LogP contribution in [0.15, 0.2) is 70.0 Å². The first kappa shape index (κ1) is 16.5. The molecule has 0 aliphatic heterocycles. The number of benzene rings is 3. The lowest BCUT2D eigenvalue weighted by Crippen LogP contribution is -2.16. The summed E-state index contributed by atoms with van der Waals surface area (Å²) in [5.74, 6) is -1.22. The summed E-state index contributed by atoms with van der Waals surface area (Å²) < 4.78 is 28.4. The van der Waals surface area contributed by atoms with E-state index >= 15 is 0 Å². The number of nitrogens with one attached hydrogen (secondary N) is 1. The van der Waals surface area contributed by atoms with Crippen LogP contribution in [0.3, 0.4) is 0 Å². The van der Waals surface area contributed by atoms with Crippen molar-refractivity contribution in [3.05, 3.63) is 70.7 Å². The zero-order valence-electron chi connectivity index (χ0n) is 12.2. The number of anilines is 1. The van der Waals surface area contributed by atoms with E-state index < -0.39 is 16.0 Å². The van der Waals surface area contributed by atoms with Crippen molar-refractivity contribution in [3.8, 4) is 0 Å². The summed E-state index contributed by atoms with van der Waals surface area (Å²) in [4.78, 5) is 11.5. The summed E-state index contributed by atoms with van der Waals surface area (Å²) in [6.07, 6.45) is 0. The van der Waals surface area contributed by atoms with Gasteiger partial charge in [0.15, 0.2) is 0 Å². The van der Waals surface area contributed by atoms with Gasteiger partial charge in [0.05, 0.1) is 16.1 Å². The third kappa shape index (κ3) is 3.13. The molecule has 0 unspecified atom stereocenters. The van der Waals surface area contributed by atoms with Crippen LogP contribution in [-0.4, -0.2) is 19.5 Å². The molecule has 0 amide bonds. The molecular formula is C17H12BrNO4S. The van der Waals surface area contributed by atoms with Crippen LogP contribution in [0, 0.1) is 0 Å². The predicted octanol–water partition coefficient (Wildman–Crippen LogP) is 4.10. The van der Waals surface area contributed by atoms with Crippen LogP contribution < -0.4 is 4.72 Å². The zero-order valence-corrected chi connectivity index (χ0v) is 14.6. The number of fused-ring (bicyclic) bond motifs is 1. The largest absolute Gasteiger partial charge is 0.478 e. The minimum atomic E-state index is -3.94. The zero-order chi connectivity index (χ0) is 17.3. The highest BCUT2D eigenvalue weighted by Crippen LogP contribution is 2.27. The van der Waals surface area contributed by atoms with Gasteiger partial charge >= 0.3 is 5.97 Å². The Labute approximate surface area is 147 Å². The van der Waals surface area contributed by atoms with Crippen molar-refractivity contribution in [2.75, 3.05) is 4.72 Å². The second-order valence-corrected chi connectivity index (χ2v) is 7.64. The Hall–Kier alpha value is -2.38. The highest BCUT2D eigenvalue weighted by molar-refractivity contribution is 9.10. The summed E-state index contributed by atoms with van der Waals surface area (Å²) in [6.45, 7) is 0. The summed E-state index contributed by atoms with van der Waals surface area (Å²) in [5.41, 5.74) is -0.119. The average Bonchev–Trinajstić information content (AvgIpc) is 2.55. The Morgan fingerprint density at radius 1 is 1.00 bits per heavy atom. The van der Waals surface area contributed by atoms with Crippen LogP contribution >= 0.6 is 15.9 Å². The van der Waals surface area contributed by atoms with Crippen molar-refractivity contribution in [2.45, 2.75) is 4.90 Å². The maximum Gasteiger partial charge on any atom is 0.337 e. The Bertz CT molecular complexity index is 1040. The molecule has 0 saturated heterocycles. The average molecular weight is 406 g/mol. The molecule has 0 aliphatic carbocycles. The van der Waals surface area contributed by atoms with Gasteiger partial charge in [-0.2, -0.15) is 0 Å². The van der Waals surface area contributed by atoms with E-state index in [1.54, 1.807) is 24.3 Å². The van der Waals surface area contributed by atoms with Gasteiger partial charge in [-0.25, -0.2) is 13.2 Å². The van der Waals surface area contributed by atoms with E-state index in [0.29, 0.717) is 9.86 Å². The minimum Gasteiger partial charge on any atom is -0.478 e. The number of halogens is 1. The lowest BCUT2D eigenvalue weighted by atomic mass is 10.1. The van der Waals surface area contributed by atoms with Gasteiger partial charge < -0.3 is 5.11 Å². The van der Waals surface area contributed by atoms with Crippen LogP contribution in [0.2, 0.25) is 0 Å². The molecule has 0 aromatic heterocycles. The molecular weight excluding hydrogens is 394 g/mol. The number of hydrogen-bond acceptors (Lipinski definition) is 3. The monoisotopic (exact) mass is 405 g/mol. The minimum absolute atomic E-state index is 0.0126. The molecule has 0 aliphatic rings. The standard InChI is InChI=1S/C17H12BrNO4S/c18-12-8-9-15(14(10-12)17(20)21)19-24(22,23)16-7-3-5-11-4-1-2-6-13(11)16/h1-10,19H,(H,20,21). The molecule has 0 heterocycles. The SMILES string of the molecule is O=C(O)c1cc(Br)ccc1NS(=O)(=O)c1cccc2ccccc12. The first-order chi connectivity index (χ1) is 11.4. The molecule has 24 heavy (non-hydrogen) atoms. The molecule has 0 saturated carbocycles. The summed E-state index contributed by atoms with van der Waals surface area (Å²) >= 11 is 3.18. The van der Waals surface area contributed by atoms with Gasteiger partial charge in [-0.05, 0) is 29.7 Å². The maximum atomic E-state index is 12.8. The van der Waals surface area contributed by atoms with E-state index in [-0.39, 0.29) is 16.1 Å². The molecule has 0 spiro atoms. The highest BCUT2D eigenvalue weighted by atomic mass is 79.9. The Balaban J connectivity index is 2.11. The second kappa shape index (κ2) is 6.26. The number of hydrogen-bond donors (Lipinski definition) is 2. The molecule has 122 valence electrons. The quantitative estimate of drug-likeness (QED) is 0.684. The van der Waals surface area contributed by atoms with Crippen molar-refractivity contribution >= 4 is 48.4 Å². The number of carboxylic acid groups (broad SMARTS) is 1. The number of sulfonamides is 1. The molecule has 7 heteroatoms. The van der Waals surface area contributed by atoms with Gasteiger partial charge in [0.1, 0.15) is 0 Å². The van der Waals surface area contributed by atoms with Crippen molar-refractivity contribution in [1.82, 2.24) is 0 Å². The topological polar surface area (TPSA) is 83.5 Å². The normalized spacial score (nSPS) is 11.4. The number of rotatable bonds is 4. The molecule has 2 N–H and O–H groups in total. The fourth-order valence-corrected chi connectivity index (χ4v) is 4.08. The van der Waals surface area contributed by atoms with Crippen LogP contribution in [0.5, 0.6) is 0 Å². The lowest BCUT2D eigenvalue weighted by molar-refractivity contribution is 0.0698. The molecule has 3 rings (SSSR count). The van der Waals surface area contributed by atoms with E-state index in [2.05, 4.69) is 20.7 Å². The van der Waals surface area contributed by atoms with E-state index in [1.165, 1.54) is 18.2 Å². The van der Waals surface area contributed by atoms with Crippen LogP contribution in [0.25, 0.3) is 10.8 Å².